The maximum atomic E-state index is 5.54. The van der Waals surface area contributed by atoms with E-state index in [0.29, 0.717) is 0 Å². The van der Waals surface area contributed by atoms with E-state index < -0.39 is 0 Å². The molecule has 0 saturated carbocycles. The van der Waals surface area contributed by atoms with Crippen LogP contribution < -0.4 is 0 Å². The lowest BCUT2D eigenvalue weighted by Crippen LogP contribution is -2.07. The van der Waals surface area contributed by atoms with Crippen molar-refractivity contribution in [2.24, 2.45) is 0 Å². The quantitative estimate of drug-likeness (QED) is 0.775. The molecule has 1 aliphatic heterocycles. The molecule has 0 aliphatic carbocycles. The number of hydrogen-bond donors (Lipinski definition) is 0. The first kappa shape index (κ1) is 11.3. The van der Waals surface area contributed by atoms with E-state index in [9.17, 15) is 0 Å². The third-order valence-corrected chi connectivity index (χ3v) is 3.43. The highest BCUT2D eigenvalue weighted by Gasteiger charge is 2.09. The maximum absolute atomic E-state index is 5.54. The van der Waals surface area contributed by atoms with Gasteiger partial charge in [0.15, 0.2) is 0 Å². The summed E-state index contributed by atoms with van der Waals surface area (Å²) in [5, 5.41) is 0. The Morgan fingerprint density at radius 2 is 2.00 bits per heavy atom. The van der Waals surface area contributed by atoms with Crippen LogP contribution in [0.2, 0.25) is 0 Å². The molecule has 16 heavy (non-hydrogen) atoms. The van der Waals surface area contributed by atoms with Crippen molar-refractivity contribution in [1.29, 1.82) is 0 Å². The molecule has 1 aliphatic rings. The molecule has 1 heterocycles. The number of allylic oxidation sites excluding steroid dienone is 2. The summed E-state index contributed by atoms with van der Waals surface area (Å²) in [5.74, 6) is 2.02. The molecule has 1 unspecified atom stereocenters. The fourth-order valence-corrected chi connectivity index (χ4v) is 2.73. The minimum atomic E-state index is 0.197. The fraction of sp³-hybridized carbons (Fsp3) is 0.286. The first-order valence-electron chi connectivity index (χ1n) is 5.47. The molecule has 0 aromatic heterocycles. The largest absolute Gasteiger partial charge is 0.491 e. The zero-order chi connectivity index (χ0) is 11.4. The Labute approximate surface area is 101 Å². The molecule has 0 bridgehead atoms. The van der Waals surface area contributed by atoms with E-state index in [2.05, 4.69) is 43.3 Å². The first-order valence-corrected chi connectivity index (χ1v) is 6.46. The third-order valence-electron chi connectivity index (χ3n) is 2.36. The van der Waals surface area contributed by atoms with Gasteiger partial charge in [-0.15, -0.1) is 11.8 Å². The molecule has 0 amide bonds. The molecule has 1 nitrogen and oxygen atoms in total. The van der Waals surface area contributed by atoms with Crippen molar-refractivity contribution in [2.45, 2.75) is 25.7 Å². The van der Waals surface area contributed by atoms with Gasteiger partial charge in [0.05, 0.1) is 5.76 Å². The summed E-state index contributed by atoms with van der Waals surface area (Å²) in [6.07, 6.45) is 4.47. The van der Waals surface area contributed by atoms with Gasteiger partial charge in [0, 0.05) is 10.7 Å². The molecule has 84 valence electrons. The van der Waals surface area contributed by atoms with Crippen LogP contribution in [0.1, 0.15) is 19.4 Å². The van der Waals surface area contributed by atoms with Crippen LogP contribution in [-0.2, 0) is 10.5 Å². The number of thioether (sulfide) groups is 1. The van der Waals surface area contributed by atoms with Crippen molar-refractivity contribution in [3.63, 3.8) is 0 Å². The summed E-state index contributed by atoms with van der Waals surface area (Å²) in [4.78, 5) is 1.31. The molecule has 1 aromatic rings. The highest BCUT2D eigenvalue weighted by Crippen LogP contribution is 2.27. The van der Waals surface area contributed by atoms with Gasteiger partial charge in [-0.25, -0.2) is 0 Å². The second-order valence-corrected chi connectivity index (χ2v) is 4.97. The summed E-state index contributed by atoms with van der Waals surface area (Å²) >= 11 is 1.86. The van der Waals surface area contributed by atoms with Gasteiger partial charge in [-0.2, -0.15) is 0 Å². The summed E-state index contributed by atoms with van der Waals surface area (Å²) in [7, 11) is 0. The van der Waals surface area contributed by atoms with E-state index in [1.807, 2.05) is 24.8 Å². The molecule has 0 fully saturated rings. The molecule has 2 heteroatoms. The first-order chi connectivity index (χ1) is 7.74. The van der Waals surface area contributed by atoms with E-state index in [4.69, 9.17) is 4.74 Å². The summed E-state index contributed by atoms with van der Waals surface area (Å²) in [6.45, 7) is 4.08. The lowest BCUT2D eigenvalue weighted by molar-refractivity contribution is 0.167. The van der Waals surface area contributed by atoms with Crippen LogP contribution in [0.5, 0.6) is 0 Å². The topological polar surface area (TPSA) is 9.23 Å². The van der Waals surface area contributed by atoms with Crippen LogP contribution in [0.15, 0.2) is 53.1 Å². The molecule has 0 N–H and O–H groups in total. The zero-order valence-corrected chi connectivity index (χ0v) is 10.5. The van der Waals surface area contributed by atoms with Gasteiger partial charge in [0.2, 0.25) is 0 Å². The second-order valence-electron chi connectivity index (χ2n) is 3.92. The Hall–Kier alpha value is -1.15. The van der Waals surface area contributed by atoms with Crippen LogP contribution >= 0.6 is 11.8 Å². The normalized spacial score (nSPS) is 19.8. The van der Waals surface area contributed by atoms with Gasteiger partial charge in [-0.3, -0.25) is 0 Å². The number of hydrogen-bond acceptors (Lipinski definition) is 2. The molecule has 0 spiro atoms. The standard InChI is InChI=1S/C14H16OS/c1-11-8-14(9-12(2)15-11)16-10-13-6-4-3-5-7-13/h3-9,11H,10H2,1-2H3. The van der Waals surface area contributed by atoms with Crippen LogP contribution in [-0.4, -0.2) is 6.10 Å². The SMILES string of the molecule is CC1=CC(SCc2ccccc2)=CC(C)O1. The molecule has 1 aromatic carbocycles. The average molecular weight is 232 g/mol. The minimum Gasteiger partial charge on any atom is -0.491 e. The number of rotatable bonds is 3. The van der Waals surface area contributed by atoms with Gasteiger partial charge >= 0.3 is 0 Å². The van der Waals surface area contributed by atoms with Crippen molar-refractivity contribution in [3.8, 4) is 0 Å². The predicted molar refractivity (Wildman–Crippen MR) is 70.1 cm³/mol. The predicted octanol–water partition coefficient (Wildman–Crippen LogP) is 4.13. The van der Waals surface area contributed by atoms with Gasteiger partial charge in [0.1, 0.15) is 6.10 Å². The van der Waals surface area contributed by atoms with Crippen LogP contribution in [0, 0.1) is 0 Å². The van der Waals surface area contributed by atoms with Crippen molar-refractivity contribution in [1.82, 2.24) is 0 Å². The smallest absolute Gasteiger partial charge is 0.115 e. The highest BCUT2D eigenvalue weighted by molar-refractivity contribution is 8.02. The summed E-state index contributed by atoms with van der Waals surface area (Å²) < 4.78 is 5.54. The molecule has 0 radical (unpaired) electrons. The Balaban J connectivity index is 1.96. The third kappa shape index (κ3) is 3.17. The van der Waals surface area contributed by atoms with Crippen molar-refractivity contribution in [3.05, 3.63) is 58.7 Å². The minimum absolute atomic E-state index is 0.197. The van der Waals surface area contributed by atoms with E-state index in [1.165, 1.54) is 10.5 Å². The summed E-state index contributed by atoms with van der Waals surface area (Å²) in [5.41, 5.74) is 1.36. The number of ether oxygens (including phenoxy) is 1. The van der Waals surface area contributed by atoms with E-state index in [-0.39, 0.29) is 6.10 Å². The van der Waals surface area contributed by atoms with Crippen LogP contribution in [0.3, 0.4) is 0 Å². The lowest BCUT2D eigenvalue weighted by Gasteiger charge is -2.18. The lowest BCUT2D eigenvalue weighted by atomic mass is 10.2. The Bertz CT molecular complexity index is 406. The van der Waals surface area contributed by atoms with Crippen molar-refractivity contribution >= 4 is 11.8 Å². The van der Waals surface area contributed by atoms with Crippen LogP contribution in [0.4, 0.5) is 0 Å². The Kier molecular flexibility index (Phi) is 3.73. The van der Waals surface area contributed by atoms with Crippen molar-refractivity contribution in [2.75, 3.05) is 0 Å². The van der Waals surface area contributed by atoms with Gasteiger partial charge in [-0.1, -0.05) is 30.3 Å². The van der Waals surface area contributed by atoms with E-state index in [0.717, 1.165) is 11.5 Å². The molecular weight excluding hydrogens is 216 g/mol. The fourth-order valence-electron chi connectivity index (χ4n) is 1.67. The van der Waals surface area contributed by atoms with Gasteiger partial charge in [-0.05, 0) is 31.6 Å². The van der Waals surface area contributed by atoms with Gasteiger partial charge < -0.3 is 4.74 Å². The van der Waals surface area contributed by atoms with E-state index >= 15 is 0 Å². The van der Waals surface area contributed by atoms with Crippen LogP contribution in [0.25, 0.3) is 0 Å². The maximum Gasteiger partial charge on any atom is 0.115 e. The monoisotopic (exact) mass is 232 g/mol. The number of benzene rings is 1. The Morgan fingerprint density at radius 1 is 1.25 bits per heavy atom. The summed E-state index contributed by atoms with van der Waals surface area (Å²) in [6, 6.07) is 10.5. The molecular formula is C14H16OS. The Morgan fingerprint density at radius 3 is 2.69 bits per heavy atom. The molecule has 2 rings (SSSR count). The van der Waals surface area contributed by atoms with Gasteiger partial charge in [0.25, 0.3) is 0 Å². The zero-order valence-electron chi connectivity index (χ0n) is 9.64. The average Bonchev–Trinajstić information content (AvgIpc) is 2.27. The van der Waals surface area contributed by atoms with E-state index in [1.54, 1.807) is 0 Å². The molecule has 0 saturated heterocycles. The molecule has 1 atom stereocenters. The van der Waals surface area contributed by atoms with Crippen molar-refractivity contribution < 1.29 is 4.74 Å². The second kappa shape index (κ2) is 5.26. The highest BCUT2D eigenvalue weighted by atomic mass is 32.2.